The average molecular weight is 292 g/mol. The van der Waals surface area contributed by atoms with Crippen LogP contribution in [0.5, 0.6) is 0 Å². The topological polar surface area (TPSA) is 73.1 Å². The maximum absolute atomic E-state index is 13.0. The highest BCUT2D eigenvalue weighted by Gasteiger charge is 2.21. The van der Waals surface area contributed by atoms with Crippen LogP contribution < -0.4 is 0 Å². The summed E-state index contributed by atoms with van der Waals surface area (Å²) in [5.41, 5.74) is 0.568. The summed E-state index contributed by atoms with van der Waals surface area (Å²) in [5.74, 6) is -1.13. The van der Waals surface area contributed by atoms with Crippen LogP contribution in [0.15, 0.2) is 52.2 Å². The zero-order chi connectivity index (χ0) is 14.2. The number of furan rings is 1. The Morgan fingerprint density at radius 1 is 1.20 bits per heavy atom. The van der Waals surface area contributed by atoms with Crippen LogP contribution in [0.3, 0.4) is 0 Å². The van der Waals surface area contributed by atoms with Gasteiger partial charge in [0.15, 0.2) is 5.03 Å². The lowest BCUT2D eigenvalue weighted by molar-refractivity contribution is 0.574. The molecule has 7 heteroatoms. The van der Waals surface area contributed by atoms with Crippen molar-refractivity contribution in [3.8, 4) is 0 Å². The molecule has 5 nitrogen and oxygen atoms in total. The maximum Gasteiger partial charge on any atom is 0.213 e. The van der Waals surface area contributed by atoms with E-state index in [4.69, 9.17) is 4.42 Å². The van der Waals surface area contributed by atoms with Gasteiger partial charge in [-0.25, -0.2) is 18.4 Å². The van der Waals surface area contributed by atoms with E-state index in [1.54, 1.807) is 6.07 Å². The Morgan fingerprint density at radius 3 is 2.85 bits per heavy atom. The second-order valence-electron chi connectivity index (χ2n) is 4.16. The fourth-order valence-corrected chi connectivity index (χ4v) is 3.32. The van der Waals surface area contributed by atoms with Crippen LogP contribution >= 0.6 is 0 Å². The molecule has 0 aliphatic carbocycles. The SMILES string of the molecule is O=S(=O)(Cc1cccc(F)n1)c1nccc2occc12. The molecule has 3 aromatic rings. The van der Waals surface area contributed by atoms with Crippen molar-refractivity contribution >= 4 is 20.8 Å². The van der Waals surface area contributed by atoms with E-state index in [1.165, 1.54) is 30.7 Å². The molecule has 0 aliphatic rings. The highest BCUT2D eigenvalue weighted by atomic mass is 32.2. The predicted molar refractivity (Wildman–Crippen MR) is 69.1 cm³/mol. The number of hydrogen-bond donors (Lipinski definition) is 0. The number of hydrogen-bond acceptors (Lipinski definition) is 5. The van der Waals surface area contributed by atoms with E-state index < -0.39 is 21.5 Å². The Hall–Kier alpha value is -2.28. The summed E-state index contributed by atoms with van der Waals surface area (Å²) < 4.78 is 42.9. The first-order valence-electron chi connectivity index (χ1n) is 5.73. The van der Waals surface area contributed by atoms with Gasteiger partial charge in [-0.15, -0.1) is 0 Å². The van der Waals surface area contributed by atoms with Crippen molar-refractivity contribution in [3.05, 3.63) is 54.4 Å². The van der Waals surface area contributed by atoms with Crippen molar-refractivity contribution < 1.29 is 17.2 Å². The molecule has 0 bridgehead atoms. The van der Waals surface area contributed by atoms with Crippen LogP contribution in [0.2, 0.25) is 0 Å². The molecule has 3 heterocycles. The van der Waals surface area contributed by atoms with Crippen molar-refractivity contribution in [2.75, 3.05) is 0 Å². The van der Waals surface area contributed by atoms with Gasteiger partial charge in [0.25, 0.3) is 0 Å². The summed E-state index contributed by atoms with van der Waals surface area (Å²) in [4.78, 5) is 7.45. The second-order valence-corrected chi connectivity index (χ2v) is 6.06. The number of nitrogens with zero attached hydrogens (tertiary/aromatic N) is 2. The van der Waals surface area contributed by atoms with Gasteiger partial charge >= 0.3 is 0 Å². The molecule has 102 valence electrons. The maximum atomic E-state index is 13.0. The summed E-state index contributed by atoms with van der Waals surface area (Å²) in [5, 5.41) is 0.318. The third kappa shape index (κ3) is 2.27. The lowest BCUT2D eigenvalue weighted by atomic mass is 10.3. The summed E-state index contributed by atoms with van der Waals surface area (Å²) in [6.07, 6.45) is 2.75. The molecule has 0 atom stereocenters. The van der Waals surface area contributed by atoms with Gasteiger partial charge in [-0.3, -0.25) is 0 Å². The van der Waals surface area contributed by atoms with E-state index in [-0.39, 0.29) is 10.7 Å². The standard InChI is InChI=1S/C13H9FN2O3S/c14-12-3-1-2-9(16-12)8-20(17,18)13-10-5-7-19-11(10)4-6-15-13/h1-7H,8H2. The molecule has 0 unspecified atom stereocenters. The zero-order valence-electron chi connectivity index (χ0n) is 10.2. The van der Waals surface area contributed by atoms with E-state index >= 15 is 0 Å². The third-order valence-electron chi connectivity index (χ3n) is 2.75. The van der Waals surface area contributed by atoms with Crippen LogP contribution in [-0.4, -0.2) is 18.4 Å². The molecule has 3 aromatic heterocycles. The van der Waals surface area contributed by atoms with Gasteiger partial charge in [-0.2, -0.15) is 4.39 Å². The molecular weight excluding hydrogens is 283 g/mol. The van der Waals surface area contributed by atoms with E-state index in [1.807, 2.05) is 0 Å². The van der Waals surface area contributed by atoms with Crippen molar-refractivity contribution in [1.29, 1.82) is 0 Å². The first-order chi connectivity index (χ1) is 9.56. The van der Waals surface area contributed by atoms with Crippen molar-refractivity contribution in [3.63, 3.8) is 0 Å². The molecule has 0 N–H and O–H groups in total. The average Bonchev–Trinajstić information content (AvgIpc) is 2.85. The zero-order valence-corrected chi connectivity index (χ0v) is 11.0. The van der Waals surface area contributed by atoms with E-state index in [0.29, 0.717) is 11.0 Å². The lowest BCUT2D eigenvalue weighted by Gasteiger charge is -2.04. The molecule has 0 spiro atoms. The number of aromatic nitrogens is 2. The van der Waals surface area contributed by atoms with Crippen molar-refractivity contribution in [1.82, 2.24) is 9.97 Å². The number of rotatable bonds is 3. The van der Waals surface area contributed by atoms with Crippen molar-refractivity contribution in [2.45, 2.75) is 10.8 Å². The van der Waals surface area contributed by atoms with E-state index in [0.717, 1.165) is 6.07 Å². The Balaban J connectivity index is 2.06. The smallest absolute Gasteiger partial charge is 0.213 e. The third-order valence-corrected chi connectivity index (χ3v) is 4.34. The highest BCUT2D eigenvalue weighted by Crippen LogP contribution is 2.24. The van der Waals surface area contributed by atoms with Crippen molar-refractivity contribution in [2.24, 2.45) is 0 Å². The molecular formula is C13H9FN2O3S. The van der Waals surface area contributed by atoms with Gasteiger partial charge in [0, 0.05) is 6.20 Å². The molecule has 20 heavy (non-hydrogen) atoms. The molecule has 3 rings (SSSR count). The van der Waals surface area contributed by atoms with Crippen LogP contribution in [0, 0.1) is 5.95 Å². The van der Waals surface area contributed by atoms with Crippen LogP contribution in [-0.2, 0) is 15.6 Å². The molecule has 0 aromatic carbocycles. The van der Waals surface area contributed by atoms with E-state index in [2.05, 4.69) is 9.97 Å². The fraction of sp³-hybridized carbons (Fsp3) is 0.0769. The first-order valence-corrected chi connectivity index (χ1v) is 7.38. The van der Waals surface area contributed by atoms with E-state index in [9.17, 15) is 12.8 Å². The number of pyridine rings is 2. The van der Waals surface area contributed by atoms with Gasteiger partial charge in [-0.05, 0) is 24.3 Å². The van der Waals surface area contributed by atoms with Gasteiger partial charge in [-0.1, -0.05) is 6.07 Å². The first kappa shape index (κ1) is 12.7. The molecule has 0 fully saturated rings. The molecule has 0 aliphatic heterocycles. The molecule has 0 saturated heterocycles. The summed E-state index contributed by atoms with van der Waals surface area (Å²) in [6, 6.07) is 7.14. The second kappa shape index (κ2) is 4.68. The van der Waals surface area contributed by atoms with Gasteiger partial charge in [0.2, 0.25) is 15.8 Å². The minimum atomic E-state index is -3.73. The van der Waals surface area contributed by atoms with Gasteiger partial charge in [0.1, 0.15) is 5.58 Å². The summed E-state index contributed by atoms with van der Waals surface area (Å²) >= 11 is 0. The highest BCUT2D eigenvalue weighted by molar-refractivity contribution is 7.90. The van der Waals surface area contributed by atoms with Crippen LogP contribution in [0.4, 0.5) is 4.39 Å². The van der Waals surface area contributed by atoms with Gasteiger partial charge < -0.3 is 4.42 Å². The number of halogens is 1. The number of sulfone groups is 1. The Bertz CT molecular complexity index is 874. The van der Waals surface area contributed by atoms with Crippen LogP contribution in [0.25, 0.3) is 11.0 Å². The lowest BCUT2D eigenvalue weighted by Crippen LogP contribution is -2.09. The number of fused-ring (bicyclic) bond motifs is 1. The quantitative estimate of drug-likeness (QED) is 0.693. The monoisotopic (exact) mass is 292 g/mol. The Kier molecular flexibility index (Phi) is 2.98. The minimum absolute atomic E-state index is 0.0881. The Labute approximate surface area is 114 Å². The Morgan fingerprint density at radius 2 is 2.05 bits per heavy atom. The summed E-state index contributed by atoms with van der Waals surface area (Å²) in [6.45, 7) is 0. The minimum Gasteiger partial charge on any atom is -0.464 e. The largest absolute Gasteiger partial charge is 0.464 e. The summed E-state index contributed by atoms with van der Waals surface area (Å²) in [7, 11) is -3.73. The normalized spacial score (nSPS) is 11.8. The predicted octanol–water partition coefficient (Wildman–Crippen LogP) is 2.34. The molecule has 0 amide bonds. The van der Waals surface area contributed by atoms with Gasteiger partial charge in [0.05, 0.1) is 23.1 Å². The molecule has 0 saturated carbocycles. The van der Waals surface area contributed by atoms with Crippen LogP contribution in [0.1, 0.15) is 5.69 Å². The fourth-order valence-electron chi connectivity index (χ4n) is 1.91. The molecule has 0 radical (unpaired) electrons.